The van der Waals surface area contributed by atoms with E-state index in [1.165, 1.54) is 5.56 Å². The van der Waals surface area contributed by atoms with Gasteiger partial charge in [0.05, 0.1) is 0 Å². The molecule has 1 saturated heterocycles. The Morgan fingerprint density at radius 3 is 2.37 bits per heavy atom. The van der Waals surface area contributed by atoms with Crippen molar-refractivity contribution in [2.24, 2.45) is 0 Å². The summed E-state index contributed by atoms with van der Waals surface area (Å²) < 4.78 is 0. The van der Waals surface area contributed by atoms with E-state index in [9.17, 15) is 4.79 Å². The van der Waals surface area contributed by atoms with Gasteiger partial charge in [0, 0.05) is 31.2 Å². The van der Waals surface area contributed by atoms with Gasteiger partial charge in [-0.1, -0.05) is 26.0 Å². The maximum atomic E-state index is 12.5. The van der Waals surface area contributed by atoms with Crippen molar-refractivity contribution in [2.75, 3.05) is 26.7 Å². The monoisotopic (exact) mass is 260 g/mol. The van der Waals surface area contributed by atoms with Gasteiger partial charge in [-0.3, -0.25) is 4.79 Å². The number of amides is 1. The third-order valence-electron chi connectivity index (χ3n) is 3.92. The quantitative estimate of drug-likeness (QED) is 0.816. The zero-order valence-corrected chi connectivity index (χ0v) is 12.4. The van der Waals surface area contributed by atoms with Crippen LogP contribution in [0.5, 0.6) is 0 Å². The molecule has 3 nitrogen and oxygen atoms in total. The van der Waals surface area contributed by atoms with Gasteiger partial charge >= 0.3 is 0 Å². The van der Waals surface area contributed by atoms with Crippen LogP contribution in [0.4, 0.5) is 0 Å². The standard InChI is InChI=1S/C16H24N2O/c1-12(2)14-5-7-15(8-6-14)16(19)18-10-9-17(4)11-13(18)3/h5-8,12-13H,9-11H2,1-4H3. The molecule has 0 spiro atoms. The highest BCUT2D eigenvalue weighted by Crippen LogP contribution is 2.17. The van der Waals surface area contributed by atoms with Gasteiger partial charge in [-0.2, -0.15) is 0 Å². The Bertz CT molecular complexity index is 439. The van der Waals surface area contributed by atoms with Crippen LogP contribution in [0.1, 0.15) is 42.6 Å². The minimum atomic E-state index is 0.163. The van der Waals surface area contributed by atoms with E-state index in [-0.39, 0.29) is 11.9 Å². The third-order valence-corrected chi connectivity index (χ3v) is 3.92. The first kappa shape index (κ1) is 14.1. The first-order valence-electron chi connectivity index (χ1n) is 7.08. The molecular weight excluding hydrogens is 236 g/mol. The van der Waals surface area contributed by atoms with Gasteiger partial charge in [-0.15, -0.1) is 0 Å². The van der Waals surface area contributed by atoms with E-state index < -0.39 is 0 Å². The Hall–Kier alpha value is -1.35. The van der Waals surface area contributed by atoms with E-state index in [1.807, 2.05) is 17.0 Å². The first-order valence-corrected chi connectivity index (χ1v) is 7.08. The molecule has 0 aromatic heterocycles. The normalized spacial score (nSPS) is 20.9. The van der Waals surface area contributed by atoms with Crippen molar-refractivity contribution in [3.8, 4) is 0 Å². The lowest BCUT2D eigenvalue weighted by Gasteiger charge is -2.38. The maximum Gasteiger partial charge on any atom is 0.254 e. The average molecular weight is 260 g/mol. The van der Waals surface area contributed by atoms with E-state index in [1.54, 1.807) is 0 Å². The van der Waals surface area contributed by atoms with Gasteiger partial charge in [0.2, 0.25) is 0 Å². The SMILES string of the molecule is CC(C)c1ccc(C(=O)N2CCN(C)CC2C)cc1. The summed E-state index contributed by atoms with van der Waals surface area (Å²) >= 11 is 0. The molecule has 3 heteroatoms. The molecule has 1 unspecified atom stereocenters. The number of piperazine rings is 1. The van der Waals surface area contributed by atoms with Gasteiger partial charge in [-0.25, -0.2) is 0 Å². The number of likely N-dealkylation sites (N-methyl/N-ethyl adjacent to an activating group) is 1. The molecule has 0 N–H and O–H groups in total. The topological polar surface area (TPSA) is 23.6 Å². The van der Waals surface area contributed by atoms with Gasteiger partial charge in [0.1, 0.15) is 0 Å². The van der Waals surface area contributed by atoms with E-state index >= 15 is 0 Å². The highest BCUT2D eigenvalue weighted by Gasteiger charge is 2.26. The number of benzene rings is 1. The Labute approximate surface area is 116 Å². The maximum absolute atomic E-state index is 12.5. The van der Waals surface area contributed by atoms with Gasteiger partial charge < -0.3 is 9.80 Å². The fourth-order valence-electron chi connectivity index (χ4n) is 2.62. The van der Waals surface area contributed by atoms with Crippen LogP contribution in [0.2, 0.25) is 0 Å². The fraction of sp³-hybridized carbons (Fsp3) is 0.562. The lowest BCUT2D eigenvalue weighted by atomic mass is 10.0. The summed E-state index contributed by atoms with van der Waals surface area (Å²) in [6.07, 6.45) is 0. The van der Waals surface area contributed by atoms with E-state index in [0.717, 1.165) is 25.2 Å². The second kappa shape index (κ2) is 5.74. The summed E-state index contributed by atoms with van der Waals surface area (Å²) in [6.45, 7) is 9.19. The predicted octanol–water partition coefficient (Wildman–Crippen LogP) is 2.59. The molecule has 19 heavy (non-hydrogen) atoms. The number of carbonyl (C=O) groups excluding carboxylic acids is 1. The van der Waals surface area contributed by atoms with Gasteiger partial charge in [-0.05, 0) is 37.6 Å². The van der Waals surface area contributed by atoms with Gasteiger partial charge in [0.15, 0.2) is 0 Å². The van der Waals surface area contributed by atoms with Crippen molar-refractivity contribution in [1.29, 1.82) is 0 Å². The predicted molar refractivity (Wildman–Crippen MR) is 78.5 cm³/mol. The van der Waals surface area contributed by atoms with Crippen LogP contribution in [0, 0.1) is 0 Å². The van der Waals surface area contributed by atoms with Crippen molar-refractivity contribution in [3.05, 3.63) is 35.4 Å². The molecule has 1 aliphatic heterocycles. The molecule has 1 fully saturated rings. The average Bonchev–Trinajstić information content (AvgIpc) is 2.38. The van der Waals surface area contributed by atoms with Crippen LogP contribution >= 0.6 is 0 Å². The Morgan fingerprint density at radius 2 is 1.84 bits per heavy atom. The van der Waals surface area contributed by atoms with Crippen molar-refractivity contribution in [3.63, 3.8) is 0 Å². The summed E-state index contributed by atoms with van der Waals surface area (Å²) in [5.74, 6) is 0.669. The molecule has 1 amide bonds. The van der Waals surface area contributed by atoms with Crippen molar-refractivity contribution in [1.82, 2.24) is 9.80 Å². The first-order chi connectivity index (χ1) is 8.99. The molecule has 0 saturated carbocycles. The highest BCUT2D eigenvalue weighted by atomic mass is 16.2. The number of rotatable bonds is 2. The number of hydrogen-bond acceptors (Lipinski definition) is 2. The largest absolute Gasteiger partial charge is 0.333 e. The molecule has 0 aliphatic carbocycles. The molecule has 104 valence electrons. The third kappa shape index (κ3) is 3.16. The highest BCUT2D eigenvalue weighted by molar-refractivity contribution is 5.94. The van der Waals surface area contributed by atoms with Crippen LogP contribution in [0.25, 0.3) is 0 Å². The lowest BCUT2D eigenvalue weighted by molar-refractivity contribution is 0.0533. The molecule has 1 heterocycles. The van der Waals surface area contributed by atoms with Crippen molar-refractivity contribution < 1.29 is 4.79 Å². The van der Waals surface area contributed by atoms with E-state index in [0.29, 0.717) is 5.92 Å². The summed E-state index contributed by atoms with van der Waals surface area (Å²) in [5, 5.41) is 0. The zero-order chi connectivity index (χ0) is 14.0. The fourth-order valence-corrected chi connectivity index (χ4v) is 2.62. The lowest BCUT2D eigenvalue weighted by Crippen LogP contribution is -2.52. The van der Waals surface area contributed by atoms with Crippen LogP contribution < -0.4 is 0 Å². The molecule has 1 aliphatic rings. The molecule has 0 bridgehead atoms. The van der Waals surface area contributed by atoms with Crippen molar-refractivity contribution in [2.45, 2.75) is 32.7 Å². The van der Waals surface area contributed by atoms with E-state index in [4.69, 9.17) is 0 Å². The summed E-state index contributed by atoms with van der Waals surface area (Å²) in [5.41, 5.74) is 2.09. The molecule has 0 radical (unpaired) electrons. The number of carbonyl (C=O) groups is 1. The Balaban J connectivity index is 2.11. The molecule has 1 atom stereocenters. The van der Waals surface area contributed by atoms with Crippen molar-refractivity contribution >= 4 is 5.91 Å². The van der Waals surface area contributed by atoms with Crippen LogP contribution in [-0.4, -0.2) is 48.4 Å². The minimum Gasteiger partial charge on any atom is -0.333 e. The van der Waals surface area contributed by atoms with E-state index in [2.05, 4.69) is 44.9 Å². The molecule has 2 rings (SSSR count). The second-order valence-corrected chi connectivity index (χ2v) is 5.89. The van der Waals surface area contributed by atoms with Crippen LogP contribution in [0.15, 0.2) is 24.3 Å². The second-order valence-electron chi connectivity index (χ2n) is 5.89. The summed E-state index contributed by atoms with van der Waals surface area (Å²) in [6, 6.07) is 8.35. The van der Waals surface area contributed by atoms with Gasteiger partial charge in [0.25, 0.3) is 5.91 Å². The van der Waals surface area contributed by atoms with Crippen LogP contribution in [0.3, 0.4) is 0 Å². The molecule has 1 aromatic rings. The summed E-state index contributed by atoms with van der Waals surface area (Å²) in [7, 11) is 2.11. The summed E-state index contributed by atoms with van der Waals surface area (Å²) in [4.78, 5) is 16.8. The zero-order valence-electron chi connectivity index (χ0n) is 12.4. The Kier molecular flexibility index (Phi) is 4.25. The molecule has 1 aromatic carbocycles. The van der Waals surface area contributed by atoms with Crippen LogP contribution in [-0.2, 0) is 0 Å². The minimum absolute atomic E-state index is 0.163. The molecular formula is C16H24N2O. The smallest absolute Gasteiger partial charge is 0.254 e. The number of hydrogen-bond donors (Lipinski definition) is 0. The Morgan fingerprint density at radius 1 is 1.21 bits per heavy atom. The number of nitrogens with zero attached hydrogens (tertiary/aromatic N) is 2.